The van der Waals surface area contributed by atoms with Crippen LogP contribution in [0.15, 0.2) is 30.5 Å². The Balaban J connectivity index is 2.18. The van der Waals surface area contributed by atoms with Crippen molar-refractivity contribution in [1.82, 2.24) is 20.2 Å². The molecule has 0 spiro atoms. The van der Waals surface area contributed by atoms with Gasteiger partial charge in [0.15, 0.2) is 0 Å². The molecule has 98 valence electrons. The standard InChI is InChI=1S/C10H10N6O3/c11-13-10(17)8-3-1-2-7(12-8)6-15-5-4-9(14-15)16(18)19/h1-5H,6,11H2,(H,13,17). The van der Waals surface area contributed by atoms with Crippen LogP contribution in [0.4, 0.5) is 5.82 Å². The van der Waals surface area contributed by atoms with Crippen LogP contribution in [0.25, 0.3) is 0 Å². The summed E-state index contributed by atoms with van der Waals surface area (Å²) in [5.74, 6) is 4.27. The van der Waals surface area contributed by atoms with Gasteiger partial charge in [-0.25, -0.2) is 10.8 Å². The predicted molar refractivity (Wildman–Crippen MR) is 63.9 cm³/mol. The minimum absolute atomic E-state index is 0.168. The van der Waals surface area contributed by atoms with Crippen LogP contribution in [0.5, 0.6) is 0 Å². The van der Waals surface area contributed by atoms with E-state index in [-0.39, 0.29) is 18.1 Å². The van der Waals surface area contributed by atoms with Crippen LogP contribution in [0.2, 0.25) is 0 Å². The number of rotatable bonds is 4. The molecule has 2 aromatic heterocycles. The summed E-state index contributed by atoms with van der Waals surface area (Å²) >= 11 is 0. The number of aromatic nitrogens is 3. The molecule has 2 heterocycles. The molecule has 3 N–H and O–H groups in total. The Morgan fingerprint density at radius 1 is 1.47 bits per heavy atom. The van der Waals surface area contributed by atoms with E-state index in [1.807, 2.05) is 5.43 Å². The number of nitro groups is 1. The SMILES string of the molecule is NNC(=O)c1cccc(Cn2ccc([N+](=O)[O-])n2)n1. The van der Waals surface area contributed by atoms with Crippen LogP contribution in [0.1, 0.15) is 16.2 Å². The minimum Gasteiger partial charge on any atom is -0.358 e. The fourth-order valence-corrected chi connectivity index (χ4v) is 1.47. The number of nitrogen functional groups attached to an aromatic ring is 1. The van der Waals surface area contributed by atoms with E-state index in [2.05, 4.69) is 10.1 Å². The van der Waals surface area contributed by atoms with Gasteiger partial charge in [-0.2, -0.15) is 4.68 Å². The van der Waals surface area contributed by atoms with Crippen molar-refractivity contribution < 1.29 is 9.72 Å². The van der Waals surface area contributed by atoms with Gasteiger partial charge in [0.1, 0.15) is 12.2 Å². The highest BCUT2D eigenvalue weighted by atomic mass is 16.6. The quantitative estimate of drug-likeness (QED) is 0.341. The van der Waals surface area contributed by atoms with E-state index in [9.17, 15) is 14.9 Å². The molecule has 0 aliphatic rings. The normalized spacial score (nSPS) is 10.2. The minimum atomic E-state index is -0.581. The number of amides is 1. The van der Waals surface area contributed by atoms with Gasteiger partial charge >= 0.3 is 5.82 Å². The zero-order chi connectivity index (χ0) is 13.8. The van der Waals surface area contributed by atoms with Gasteiger partial charge in [-0.05, 0) is 17.1 Å². The third kappa shape index (κ3) is 2.90. The molecular weight excluding hydrogens is 252 g/mol. The molecule has 0 atom stereocenters. The van der Waals surface area contributed by atoms with Crippen LogP contribution in [-0.2, 0) is 6.54 Å². The smallest absolute Gasteiger partial charge is 0.358 e. The van der Waals surface area contributed by atoms with Crippen LogP contribution >= 0.6 is 0 Å². The first-order valence-corrected chi connectivity index (χ1v) is 5.25. The molecule has 0 aliphatic carbocycles. The molecular formula is C10H10N6O3. The largest absolute Gasteiger partial charge is 0.389 e. The zero-order valence-corrected chi connectivity index (χ0v) is 9.68. The molecule has 0 aliphatic heterocycles. The number of nitrogens with one attached hydrogen (secondary N) is 1. The summed E-state index contributed by atoms with van der Waals surface area (Å²) in [5.41, 5.74) is 2.69. The first kappa shape index (κ1) is 12.6. The van der Waals surface area contributed by atoms with E-state index >= 15 is 0 Å². The molecule has 19 heavy (non-hydrogen) atoms. The number of hydrazine groups is 1. The van der Waals surface area contributed by atoms with Crippen LogP contribution in [0, 0.1) is 10.1 Å². The van der Waals surface area contributed by atoms with E-state index in [1.165, 1.54) is 23.0 Å². The first-order valence-electron chi connectivity index (χ1n) is 5.25. The summed E-state index contributed by atoms with van der Waals surface area (Å²) in [6, 6.07) is 6.12. The molecule has 2 rings (SSSR count). The lowest BCUT2D eigenvalue weighted by Gasteiger charge is -2.01. The summed E-state index contributed by atoms with van der Waals surface area (Å²) < 4.78 is 1.37. The Hall–Kier alpha value is -2.81. The highest BCUT2D eigenvalue weighted by Crippen LogP contribution is 2.07. The van der Waals surface area contributed by atoms with E-state index in [0.29, 0.717) is 5.69 Å². The fourth-order valence-electron chi connectivity index (χ4n) is 1.47. The zero-order valence-electron chi connectivity index (χ0n) is 9.68. The van der Waals surface area contributed by atoms with Crippen molar-refractivity contribution in [2.45, 2.75) is 6.54 Å². The fraction of sp³-hybridized carbons (Fsp3) is 0.100. The maximum absolute atomic E-state index is 11.3. The molecule has 0 radical (unpaired) electrons. The van der Waals surface area contributed by atoms with Crippen molar-refractivity contribution in [3.05, 3.63) is 52.0 Å². The van der Waals surface area contributed by atoms with Crippen molar-refractivity contribution in [3.8, 4) is 0 Å². The molecule has 0 unspecified atom stereocenters. The molecule has 0 fully saturated rings. The number of pyridine rings is 1. The van der Waals surface area contributed by atoms with Gasteiger partial charge in [0.2, 0.25) is 0 Å². The summed E-state index contributed by atoms with van der Waals surface area (Å²) in [7, 11) is 0. The summed E-state index contributed by atoms with van der Waals surface area (Å²) in [6.45, 7) is 0.222. The molecule has 9 heteroatoms. The van der Waals surface area contributed by atoms with Gasteiger partial charge in [-0.1, -0.05) is 6.07 Å². The monoisotopic (exact) mass is 262 g/mol. The maximum Gasteiger partial charge on any atom is 0.389 e. The van der Waals surface area contributed by atoms with Crippen LogP contribution < -0.4 is 11.3 Å². The Morgan fingerprint density at radius 3 is 2.89 bits per heavy atom. The second kappa shape index (κ2) is 5.23. The number of carbonyl (C=O) groups excluding carboxylic acids is 1. The lowest BCUT2D eigenvalue weighted by molar-refractivity contribution is -0.389. The average molecular weight is 262 g/mol. The molecule has 1 amide bonds. The number of hydrogen-bond donors (Lipinski definition) is 2. The lowest BCUT2D eigenvalue weighted by atomic mass is 10.3. The average Bonchev–Trinajstić information content (AvgIpc) is 2.87. The second-order valence-electron chi connectivity index (χ2n) is 3.62. The number of hydrogen-bond acceptors (Lipinski definition) is 6. The number of nitrogens with two attached hydrogens (primary N) is 1. The summed E-state index contributed by atoms with van der Waals surface area (Å²) in [5, 5.41) is 14.2. The van der Waals surface area contributed by atoms with Gasteiger partial charge < -0.3 is 10.1 Å². The summed E-state index contributed by atoms with van der Waals surface area (Å²) in [4.78, 5) is 25.3. The molecule has 0 aromatic carbocycles. The van der Waals surface area contributed by atoms with E-state index in [4.69, 9.17) is 5.84 Å². The van der Waals surface area contributed by atoms with E-state index < -0.39 is 10.8 Å². The topological polar surface area (TPSA) is 129 Å². The Bertz CT molecular complexity index is 623. The third-order valence-corrected chi connectivity index (χ3v) is 2.31. The van der Waals surface area contributed by atoms with Crippen molar-refractivity contribution in [2.75, 3.05) is 0 Å². The first-order chi connectivity index (χ1) is 9.10. The highest BCUT2D eigenvalue weighted by Gasteiger charge is 2.12. The predicted octanol–water partition coefficient (Wildman–Crippen LogP) is -0.162. The van der Waals surface area contributed by atoms with Gasteiger partial charge in [0.25, 0.3) is 5.91 Å². The van der Waals surface area contributed by atoms with Crippen molar-refractivity contribution in [3.63, 3.8) is 0 Å². The van der Waals surface area contributed by atoms with E-state index in [1.54, 1.807) is 12.1 Å². The molecule has 2 aromatic rings. The molecule has 0 saturated carbocycles. The lowest BCUT2D eigenvalue weighted by Crippen LogP contribution is -2.30. The van der Waals surface area contributed by atoms with Gasteiger partial charge in [0, 0.05) is 0 Å². The van der Waals surface area contributed by atoms with Crippen molar-refractivity contribution in [1.29, 1.82) is 0 Å². The highest BCUT2D eigenvalue weighted by molar-refractivity contribution is 5.91. The second-order valence-corrected chi connectivity index (χ2v) is 3.62. The molecule has 0 bridgehead atoms. The van der Waals surface area contributed by atoms with Gasteiger partial charge in [-0.3, -0.25) is 10.2 Å². The van der Waals surface area contributed by atoms with Crippen LogP contribution in [-0.4, -0.2) is 25.6 Å². The summed E-state index contributed by atoms with van der Waals surface area (Å²) in [6.07, 6.45) is 1.47. The number of carbonyl (C=O) groups is 1. The van der Waals surface area contributed by atoms with Gasteiger partial charge in [0.05, 0.1) is 23.1 Å². The van der Waals surface area contributed by atoms with Gasteiger partial charge in [-0.15, -0.1) is 0 Å². The third-order valence-electron chi connectivity index (χ3n) is 2.31. The maximum atomic E-state index is 11.3. The van der Waals surface area contributed by atoms with Crippen molar-refractivity contribution >= 4 is 11.7 Å². The Kier molecular flexibility index (Phi) is 3.48. The van der Waals surface area contributed by atoms with Crippen molar-refractivity contribution in [2.24, 2.45) is 5.84 Å². The molecule has 9 nitrogen and oxygen atoms in total. The Morgan fingerprint density at radius 2 is 2.26 bits per heavy atom. The molecule has 0 saturated heterocycles. The Labute approximate surface area is 107 Å². The number of nitrogens with zero attached hydrogens (tertiary/aromatic N) is 4. The van der Waals surface area contributed by atoms with Crippen LogP contribution in [0.3, 0.4) is 0 Å². The van der Waals surface area contributed by atoms with E-state index in [0.717, 1.165) is 0 Å².